The highest BCUT2D eigenvalue weighted by atomic mass is 16.2. The average Bonchev–Trinajstić information content (AvgIpc) is 3.18. The Morgan fingerprint density at radius 1 is 1.41 bits per heavy atom. The molecular weight excluding hydrogens is 280 g/mol. The Hall–Kier alpha value is -2.70. The van der Waals surface area contributed by atoms with Crippen LogP contribution in [0, 0.1) is 5.92 Å². The first-order chi connectivity index (χ1) is 10.7. The number of carbonyl (C=O) groups is 1. The molecular formula is C15H18N6O. The van der Waals surface area contributed by atoms with Gasteiger partial charge in [0.05, 0.1) is 5.69 Å². The van der Waals surface area contributed by atoms with Crippen molar-refractivity contribution in [3.05, 3.63) is 36.8 Å². The number of aromatic nitrogens is 5. The Balaban J connectivity index is 1.90. The zero-order valence-corrected chi connectivity index (χ0v) is 12.5. The average molecular weight is 298 g/mol. The minimum atomic E-state index is -0.436. The maximum absolute atomic E-state index is 12.7. The molecule has 22 heavy (non-hydrogen) atoms. The topological polar surface area (TPSA) is 88.5 Å². The molecule has 0 aliphatic rings. The lowest BCUT2D eigenvalue weighted by molar-refractivity contribution is -0.121. The summed E-state index contributed by atoms with van der Waals surface area (Å²) in [4.78, 5) is 15.9. The fourth-order valence-corrected chi connectivity index (χ4v) is 2.56. The largest absolute Gasteiger partial charge is 0.361 e. The van der Waals surface area contributed by atoms with Gasteiger partial charge in [-0.15, -0.1) is 5.10 Å². The number of hydrogen-bond donors (Lipinski definition) is 2. The van der Waals surface area contributed by atoms with Crippen LogP contribution in [0.2, 0.25) is 0 Å². The third-order valence-electron chi connectivity index (χ3n) is 3.95. The van der Waals surface area contributed by atoms with Crippen LogP contribution in [0.4, 0.5) is 5.69 Å². The van der Waals surface area contributed by atoms with E-state index >= 15 is 0 Å². The Morgan fingerprint density at radius 2 is 2.27 bits per heavy atom. The van der Waals surface area contributed by atoms with Crippen molar-refractivity contribution in [2.24, 2.45) is 5.92 Å². The first kappa shape index (κ1) is 14.2. The van der Waals surface area contributed by atoms with E-state index in [0.717, 1.165) is 23.0 Å². The summed E-state index contributed by atoms with van der Waals surface area (Å²) in [6.07, 6.45) is 4.19. The summed E-state index contributed by atoms with van der Waals surface area (Å²) < 4.78 is 1.51. The molecule has 3 rings (SSSR count). The van der Waals surface area contributed by atoms with Gasteiger partial charge in [-0.1, -0.05) is 26.3 Å². The van der Waals surface area contributed by atoms with Gasteiger partial charge in [0.2, 0.25) is 5.91 Å². The van der Waals surface area contributed by atoms with Crippen LogP contribution < -0.4 is 5.32 Å². The monoisotopic (exact) mass is 298 g/mol. The van der Waals surface area contributed by atoms with Crippen molar-refractivity contribution in [1.82, 2.24) is 25.2 Å². The highest BCUT2D eigenvalue weighted by Crippen LogP contribution is 2.26. The van der Waals surface area contributed by atoms with Crippen LogP contribution in [0.1, 0.15) is 26.3 Å². The number of carbonyl (C=O) groups excluding carboxylic acids is 1. The summed E-state index contributed by atoms with van der Waals surface area (Å²) in [7, 11) is 0. The molecule has 0 spiro atoms. The summed E-state index contributed by atoms with van der Waals surface area (Å²) in [5, 5.41) is 15.1. The number of hydrogen-bond acceptors (Lipinski definition) is 4. The second-order valence-corrected chi connectivity index (χ2v) is 5.35. The van der Waals surface area contributed by atoms with E-state index in [1.54, 1.807) is 0 Å². The second kappa shape index (κ2) is 5.97. The lowest BCUT2D eigenvalue weighted by Crippen LogP contribution is -2.31. The number of H-pyrrole nitrogens is 1. The number of nitrogens with zero attached hydrogens (tertiary/aromatic N) is 4. The zero-order chi connectivity index (χ0) is 15.5. The van der Waals surface area contributed by atoms with E-state index in [2.05, 4.69) is 25.8 Å². The number of anilines is 1. The van der Waals surface area contributed by atoms with Crippen molar-refractivity contribution >= 4 is 22.5 Å². The van der Waals surface area contributed by atoms with E-state index in [1.165, 1.54) is 11.0 Å². The van der Waals surface area contributed by atoms with E-state index in [1.807, 2.05) is 44.3 Å². The molecule has 2 heterocycles. The number of tetrazole rings is 1. The van der Waals surface area contributed by atoms with Crippen molar-refractivity contribution in [3.63, 3.8) is 0 Å². The van der Waals surface area contributed by atoms with Gasteiger partial charge >= 0.3 is 0 Å². The van der Waals surface area contributed by atoms with Crippen molar-refractivity contribution in [2.45, 2.75) is 26.3 Å². The fraction of sp³-hybridized carbons (Fsp3) is 0.333. The highest BCUT2D eigenvalue weighted by Gasteiger charge is 2.27. The normalized spacial score (nSPS) is 13.9. The molecule has 0 saturated heterocycles. The van der Waals surface area contributed by atoms with E-state index in [-0.39, 0.29) is 11.8 Å². The summed E-state index contributed by atoms with van der Waals surface area (Å²) >= 11 is 0. The Morgan fingerprint density at radius 3 is 3.00 bits per heavy atom. The summed E-state index contributed by atoms with van der Waals surface area (Å²) in [5.74, 6) is 0.00396. The minimum absolute atomic E-state index is 0.115. The Bertz CT molecular complexity index is 763. The number of rotatable bonds is 5. The third-order valence-corrected chi connectivity index (χ3v) is 3.95. The number of fused-ring (bicyclic) bond motifs is 1. The molecule has 1 aromatic carbocycles. The van der Waals surface area contributed by atoms with Gasteiger partial charge in [0.1, 0.15) is 12.4 Å². The molecule has 0 radical (unpaired) electrons. The summed E-state index contributed by atoms with van der Waals surface area (Å²) in [5.41, 5.74) is 1.77. The molecule has 2 atom stereocenters. The lowest BCUT2D eigenvalue weighted by atomic mass is 9.98. The van der Waals surface area contributed by atoms with Gasteiger partial charge in [-0.3, -0.25) is 4.79 Å². The number of benzene rings is 1. The SMILES string of the molecule is CC[C@H](C)[C@@H](C(=O)Nc1cccc2[nH]ccc12)n1cnnn1. The Kier molecular flexibility index (Phi) is 3.86. The fourth-order valence-electron chi connectivity index (χ4n) is 2.56. The zero-order valence-electron chi connectivity index (χ0n) is 12.5. The van der Waals surface area contributed by atoms with Crippen molar-refractivity contribution in [2.75, 3.05) is 5.32 Å². The highest BCUT2D eigenvalue weighted by molar-refractivity contribution is 6.02. The Labute approximate surface area is 127 Å². The van der Waals surface area contributed by atoms with Gasteiger partial charge in [0.25, 0.3) is 0 Å². The lowest BCUT2D eigenvalue weighted by Gasteiger charge is -2.21. The van der Waals surface area contributed by atoms with Crippen LogP contribution in [0.15, 0.2) is 36.8 Å². The molecule has 0 bridgehead atoms. The van der Waals surface area contributed by atoms with Crippen LogP contribution in [0.3, 0.4) is 0 Å². The third kappa shape index (κ3) is 2.57. The molecule has 7 heteroatoms. The van der Waals surface area contributed by atoms with Crippen molar-refractivity contribution < 1.29 is 4.79 Å². The molecule has 2 N–H and O–H groups in total. The number of aromatic amines is 1. The molecule has 7 nitrogen and oxygen atoms in total. The van der Waals surface area contributed by atoms with E-state index in [4.69, 9.17) is 0 Å². The number of nitrogens with one attached hydrogen (secondary N) is 2. The molecule has 0 aliphatic carbocycles. The molecule has 114 valence electrons. The molecule has 2 aromatic heterocycles. The van der Waals surface area contributed by atoms with Gasteiger partial charge in [0, 0.05) is 17.1 Å². The van der Waals surface area contributed by atoms with Crippen molar-refractivity contribution in [3.8, 4) is 0 Å². The predicted octanol–water partition coefficient (Wildman–Crippen LogP) is 2.38. The molecule has 0 saturated carbocycles. The molecule has 0 fully saturated rings. The standard InChI is InChI=1S/C15H18N6O/c1-3-10(2)14(21-9-17-19-20-21)15(22)18-13-6-4-5-12-11(13)7-8-16-12/h4-10,14,16H,3H2,1-2H3,(H,18,22)/t10-,14-/m0/s1. The first-order valence-electron chi connectivity index (χ1n) is 7.30. The molecule has 3 aromatic rings. The van der Waals surface area contributed by atoms with Gasteiger partial charge in [-0.25, -0.2) is 4.68 Å². The van der Waals surface area contributed by atoms with Gasteiger partial charge in [-0.2, -0.15) is 0 Å². The first-order valence-corrected chi connectivity index (χ1v) is 7.30. The maximum atomic E-state index is 12.7. The number of amides is 1. The predicted molar refractivity (Wildman–Crippen MR) is 83.2 cm³/mol. The maximum Gasteiger partial charge on any atom is 0.249 e. The quantitative estimate of drug-likeness (QED) is 0.757. The van der Waals surface area contributed by atoms with Gasteiger partial charge < -0.3 is 10.3 Å². The molecule has 1 amide bonds. The van der Waals surface area contributed by atoms with E-state index in [9.17, 15) is 4.79 Å². The van der Waals surface area contributed by atoms with Gasteiger partial charge in [-0.05, 0) is 34.5 Å². The summed E-state index contributed by atoms with van der Waals surface area (Å²) in [6.45, 7) is 4.06. The molecule has 0 unspecified atom stereocenters. The van der Waals surface area contributed by atoms with Gasteiger partial charge in [0.15, 0.2) is 0 Å². The minimum Gasteiger partial charge on any atom is -0.361 e. The summed E-state index contributed by atoms with van der Waals surface area (Å²) in [6, 6.07) is 7.28. The molecule has 0 aliphatic heterocycles. The van der Waals surface area contributed by atoms with E-state index in [0.29, 0.717) is 0 Å². The smallest absolute Gasteiger partial charge is 0.249 e. The van der Waals surface area contributed by atoms with Crippen molar-refractivity contribution in [1.29, 1.82) is 0 Å². The van der Waals surface area contributed by atoms with Crippen LogP contribution in [0.25, 0.3) is 10.9 Å². The van der Waals surface area contributed by atoms with Crippen LogP contribution in [-0.4, -0.2) is 31.1 Å². The van der Waals surface area contributed by atoms with Crippen LogP contribution in [-0.2, 0) is 4.79 Å². The van der Waals surface area contributed by atoms with Crippen LogP contribution in [0.5, 0.6) is 0 Å². The van der Waals surface area contributed by atoms with Crippen LogP contribution >= 0.6 is 0 Å². The second-order valence-electron chi connectivity index (χ2n) is 5.35. The van der Waals surface area contributed by atoms with E-state index < -0.39 is 6.04 Å².